The molecule has 0 radical (unpaired) electrons. The number of ether oxygens (including phenoxy) is 2. The Balaban J connectivity index is 1.55. The van der Waals surface area contributed by atoms with Crippen LogP contribution in [0.3, 0.4) is 0 Å². The highest BCUT2D eigenvalue weighted by atomic mass is 32.2. The number of nitrogens with one attached hydrogen (secondary N) is 2. The average Bonchev–Trinajstić information content (AvgIpc) is 3.33. The molecule has 0 spiro atoms. The van der Waals surface area contributed by atoms with Crippen molar-refractivity contribution in [2.24, 2.45) is 5.92 Å². The second-order valence-electron chi connectivity index (χ2n) is 10.7. The van der Waals surface area contributed by atoms with Crippen LogP contribution in [0.25, 0.3) is 0 Å². The standard InChI is InChI=1S/C27H43N3O4S2/c1-27(2,3)34-26(32)30-19-36-17-22(30)15-28-24(18-35-16-21-8-6-5-7-9-21)25(31)29-14-20-10-12-23(33-4)13-11-20/h10-13,21-22,24,28H,5-9,14-19H2,1-4H3,(H,29,31)/t22-,24+/m1/s1. The Bertz CT molecular complexity index is 825. The lowest BCUT2D eigenvalue weighted by Crippen LogP contribution is -2.51. The van der Waals surface area contributed by atoms with Crippen LogP contribution in [-0.2, 0) is 16.1 Å². The number of thioether (sulfide) groups is 2. The Morgan fingerprint density at radius 3 is 2.56 bits per heavy atom. The van der Waals surface area contributed by atoms with E-state index in [2.05, 4.69) is 10.6 Å². The van der Waals surface area contributed by atoms with Crippen LogP contribution in [0, 0.1) is 5.92 Å². The minimum Gasteiger partial charge on any atom is -0.497 e. The van der Waals surface area contributed by atoms with Crippen molar-refractivity contribution >= 4 is 35.5 Å². The number of amides is 2. The molecule has 1 saturated heterocycles. The molecule has 36 heavy (non-hydrogen) atoms. The highest BCUT2D eigenvalue weighted by Gasteiger charge is 2.33. The average molecular weight is 538 g/mol. The van der Waals surface area contributed by atoms with Gasteiger partial charge in [0.25, 0.3) is 0 Å². The lowest BCUT2D eigenvalue weighted by Gasteiger charge is -2.29. The molecule has 1 aromatic carbocycles. The van der Waals surface area contributed by atoms with Crippen LogP contribution in [-0.4, -0.2) is 71.4 Å². The number of rotatable bonds is 11. The van der Waals surface area contributed by atoms with Crippen molar-refractivity contribution in [2.75, 3.05) is 36.8 Å². The van der Waals surface area contributed by atoms with Gasteiger partial charge in [0, 0.05) is 24.6 Å². The van der Waals surface area contributed by atoms with Gasteiger partial charge >= 0.3 is 6.09 Å². The van der Waals surface area contributed by atoms with Gasteiger partial charge in [0.1, 0.15) is 11.4 Å². The van der Waals surface area contributed by atoms with Gasteiger partial charge in [-0.25, -0.2) is 4.79 Å². The van der Waals surface area contributed by atoms with Gasteiger partial charge in [0.15, 0.2) is 0 Å². The van der Waals surface area contributed by atoms with Gasteiger partial charge in [-0.3, -0.25) is 9.69 Å². The fourth-order valence-electron chi connectivity index (χ4n) is 4.44. The van der Waals surface area contributed by atoms with Crippen LogP contribution in [0.4, 0.5) is 4.79 Å². The van der Waals surface area contributed by atoms with Crippen LogP contribution in [0.15, 0.2) is 24.3 Å². The maximum atomic E-state index is 13.2. The molecule has 9 heteroatoms. The summed E-state index contributed by atoms with van der Waals surface area (Å²) < 4.78 is 10.8. The Hall–Kier alpha value is -1.58. The van der Waals surface area contributed by atoms with Crippen LogP contribution in [0.5, 0.6) is 5.75 Å². The van der Waals surface area contributed by atoms with E-state index in [4.69, 9.17) is 9.47 Å². The second kappa shape index (κ2) is 14.4. The maximum absolute atomic E-state index is 13.2. The van der Waals surface area contributed by atoms with Gasteiger partial charge in [-0.2, -0.15) is 11.8 Å². The van der Waals surface area contributed by atoms with E-state index in [0.29, 0.717) is 19.0 Å². The van der Waals surface area contributed by atoms with Crippen molar-refractivity contribution in [1.29, 1.82) is 0 Å². The largest absolute Gasteiger partial charge is 0.497 e. The van der Waals surface area contributed by atoms with E-state index in [-0.39, 0.29) is 24.1 Å². The third-order valence-electron chi connectivity index (χ3n) is 6.51. The second-order valence-corrected chi connectivity index (χ2v) is 12.7. The van der Waals surface area contributed by atoms with E-state index in [9.17, 15) is 9.59 Å². The van der Waals surface area contributed by atoms with Crippen LogP contribution in [0.2, 0.25) is 0 Å². The van der Waals surface area contributed by atoms with Crippen molar-refractivity contribution in [3.8, 4) is 5.75 Å². The molecule has 2 amide bonds. The first-order valence-electron chi connectivity index (χ1n) is 13.0. The molecule has 2 N–H and O–H groups in total. The van der Waals surface area contributed by atoms with Crippen molar-refractivity contribution in [2.45, 2.75) is 77.1 Å². The zero-order valence-corrected chi connectivity index (χ0v) is 23.8. The highest BCUT2D eigenvalue weighted by Crippen LogP contribution is 2.27. The quantitative estimate of drug-likeness (QED) is 0.416. The minimum absolute atomic E-state index is 0.00331. The zero-order valence-electron chi connectivity index (χ0n) is 22.2. The van der Waals surface area contributed by atoms with Crippen molar-refractivity contribution in [1.82, 2.24) is 15.5 Å². The maximum Gasteiger partial charge on any atom is 0.411 e. The van der Waals surface area contributed by atoms with Crippen LogP contribution in [0.1, 0.15) is 58.4 Å². The molecule has 2 aliphatic rings. The molecule has 2 fully saturated rings. The third kappa shape index (κ3) is 9.71. The molecule has 3 rings (SSSR count). The summed E-state index contributed by atoms with van der Waals surface area (Å²) in [5, 5.41) is 6.59. The molecular weight excluding hydrogens is 494 g/mol. The summed E-state index contributed by atoms with van der Waals surface area (Å²) in [7, 11) is 1.64. The minimum atomic E-state index is -0.526. The number of nitrogens with zero attached hydrogens (tertiary/aromatic N) is 1. The Morgan fingerprint density at radius 1 is 1.17 bits per heavy atom. The van der Waals surface area contributed by atoms with E-state index in [1.165, 1.54) is 32.1 Å². The fourth-order valence-corrected chi connectivity index (χ4v) is 6.94. The van der Waals surface area contributed by atoms with Crippen molar-refractivity contribution < 1.29 is 19.1 Å². The first kappa shape index (κ1) is 29.0. The molecule has 0 unspecified atom stereocenters. The first-order chi connectivity index (χ1) is 17.2. The fraction of sp³-hybridized carbons (Fsp3) is 0.704. The number of carbonyl (C=O) groups is 2. The summed E-state index contributed by atoms with van der Waals surface area (Å²) in [5.41, 5.74) is 0.503. The highest BCUT2D eigenvalue weighted by molar-refractivity contribution is 7.99. The van der Waals surface area contributed by atoms with Gasteiger partial charge in [-0.15, -0.1) is 11.8 Å². The molecule has 1 aliphatic carbocycles. The number of carbonyl (C=O) groups excluding carboxylic acids is 2. The van der Waals surface area contributed by atoms with Gasteiger partial charge in [0.05, 0.1) is 25.1 Å². The van der Waals surface area contributed by atoms with Gasteiger partial charge in [0.2, 0.25) is 5.91 Å². The summed E-state index contributed by atoms with van der Waals surface area (Å²) in [6.45, 7) is 6.69. The van der Waals surface area contributed by atoms with E-state index >= 15 is 0 Å². The monoisotopic (exact) mass is 537 g/mol. The summed E-state index contributed by atoms with van der Waals surface area (Å²) in [6, 6.07) is 7.43. The Morgan fingerprint density at radius 2 is 1.89 bits per heavy atom. The summed E-state index contributed by atoms with van der Waals surface area (Å²) in [4.78, 5) is 27.7. The molecule has 1 heterocycles. The topological polar surface area (TPSA) is 79.9 Å². The molecule has 1 aromatic rings. The SMILES string of the molecule is COc1ccc(CNC(=O)[C@H](CSCC2CCCCC2)NC[C@@H]2CSCN2C(=O)OC(C)(C)C)cc1. The molecule has 202 valence electrons. The van der Waals surface area contributed by atoms with Crippen molar-refractivity contribution in [3.63, 3.8) is 0 Å². The number of methoxy groups -OCH3 is 1. The van der Waals surface area contributed by atoms with E-state index in [1.54, 1.807) is 23.8 Å². The lowest BCUT2D eigenvalue weighted by molar-refractivity contribution is -0.122. The first-order valence-corrected chi connectivity index (χ1v) is 15.3. The molecule has 0 bridgehead atoms. The Kier molecular flexibility index (Phi) is 11.6. The zero-order chi connectivity index (χ0) is 26.0. The van der Waals surface area contributed by atoms with Gasteiger partial charge in [-0.05, 0) is 63.0 Å². The third-order valence-corrected chi connectivity index (χ3v) is 8.87. The van der Waals surface area contributed by atoms with Crippen LogP contribution < -0.4 is 15.4 Å². The summed E-state index contributed by atoms with van der Waals surface area (Å²) >= 11 is 3.59. The predicted octanol–water partition coefficient (Wildman–Crippen LogP) is 4.89. The van der Waals surface area contributed by atoms with Crippen LogP contribution >= 0.6 is 23.5 Å². The molecule has 1 aliphatic heterocycles. The number of hydrogen-bond acceptors (Lipinski definition) is 7. The molecule has 7 nitrogen and oxygen atoms in total. The summed E-state index contributed by atoms with van der Waals surface area (Å²) in [6.07, 6.45) is 6.33. The van der Waals surface area contributed by atoms with E-state index in [0.717, 1.165) is 34.5 Å². The van der Waals surface area contributed by atoms with Gasteiger partial charge in [-0.1, -0.05) is 31.4 Å². The molecule has 2 atom stereocenters. The van der Waals surface area contributed by atoms with E-state index in [1.807, 2.05) is 56.8 Å². The smallest absolute Gasteiger partial charge is 0.411 e. The number of benzene rings is 1. The normalized spacial score (nSPS) is 19.7. The molecular formula is C27H43N3O4S2. The predicted molar refractivity (Wildman–Crippen MR) is 150 cm³/mol. The lowest BCUT2D eigenvalue weighted by atomic mass is 9.91. The Labute approximate surface area is 225 Å². The van der Waals surface area contributed by atoms with E-state index < -0.39 is 5.60 Å². The van der Waals surface area contributed by atoms with Gasteiger partial charge < -0.3 is 20.1 Å². The van der Waals surface area contributed by atoms with Crippen molar-refractivity contribution in [3.05, 3.63) is 29.8 Å². The summed E-state index contributed by atoms with van der Waals surface area (Å²) in [5.74, 6) is 4.84. The molecule has 0 aromatic heterocycles. The molecule has 1 saturated carbocycles. The number of hydrogen-bond donors (Lipinski definition) is 2.